The maximum atomic E-state index is 12.2. The van der Waals surface area contributed by atoms with E-state index in [9.17, 15) is 9.59 Å². The molecule has 2 N–H and O–H groups in total. The average molecular weight is 347 g/mol. The summed E-state index contributed by atoms with van der Waals surface area (Å²) in [7, 11) is 1.30. The largest absolute Gasteiger partial charge is 0.467 e. The zero-order chi connectivity index (χ0) is 16.7. The molecule has 1 rings (SSSR count). The molecule has 2 atom stereocenters. The first-order chi connectivity index (χ1) is 10.4. The van der Waals surface area contributed by atoms with Gasteiger partial charge in [-0.2, -0.15) is 0 Å². The molecular weight excluding hydrogens is 327 g/mol. The summed E-state index contributed by atoms with van der Waals surface area (Å²) >= 11 is 11.8. The lowest BCUT2D eigenvalue weighted by Crippen LogP contribution is -2.47. The molecule has 7 heteroatoms. The van der Waals surface area contributed by atoms with E-state index < -0.39 is 18.1 Å². The Balaban J connectivity index is 2.69. The maximum Gasteiger partial charge on any atom is 0.328 e. The van der Waals surface area contributed by atoms with Crippen LogP contribution in [0.2, 0.25) is 10.0 Å². The van der Waals surface area contributed by atoms with Gasteiger partial charge in [-0.25, -0.2) is 4.79 Å². The SMILES string of the molecule is CCCC(NC(=O)[C@H](C)Nc1cc(Cl)cc(Cl)c1)C(=O)OC. The molecule has 122 valence electrons. The fourth-order valence-corrected chi connectivity index (χ4v) is 2.46. The number of hydrogen-bond donors (Lipinski definition) is 2. The van der Waals surface area contributed by atoms with Crippen LogP contribution in [0.25, 0.3) is 0 Å². The van der Waals surface area contributed by atoms with E-state index in [2.05, 4.69) is 15.4 Å². The van der Waals surface area contributed by atoms with Crippen LogP contribution in [0, 0.1) is 0 Å². The Hall–Kier alpha value is -1.46. The number of halogens is 2. The highest BCUT2D eigenvalue weighted by atomic mass is 35.5. The van der Waals surface area contributed by atoms with Crippen molar-refractivity contribution < 1.29 is 14.3 Å². The smallest absolute Gasteiger partial charge is 0.328 e. The van der Waals surface area contributed by atoms with Crippen molar-refractivity contribution in [1.29, 1.82) is 0 Å². The molecule has 1 aromatic carbocycles. The lowest BCUT2D eigenvalue weighted by Gasteiger charge is -2.20. The topological polar surface area (TPSA) is 67.4 Å². The third kappa shape index (κ3) is 5.73. The number of hydrogen-bond acceptors (Lipinski definition) is 4. The second-order valence-corrected chi connectivity index (χ2v) is 5.77. The van der Waals surface area contributed by atoms with Gasteiger partial charge >= 0.3 is 5.97 Å². The molecule has 0 spiro atoms. The van der Waals surface area contributed by atoms with Crippen molar-refractivity contribution >= 4 is 40.8 Å². The Morgan fingerprint density at radius 1 is 1.23 bits per heavy atom. The number of carbonyl (C=O) groups is 2. The molecule has 0 radical (unpaired) electrons. The molecule has 0 aliphatic carbocycles. The number of ether oxygens (including phenoxy) is 1. The number of rotatable bonds is 7. The molecule has 0 bridgehead atoms. The standard InChI is InChI=1S/C15H20Cl2N2O3/c1-4-5-13(15(21)22-3)19-14(20)9(2)18-12-7-10(16)6-11(17)8-12/h6-9,13,18H,4-5H2,1-3H3,(H,19,20)/t9-,13?/m0/s1. The summed E-state index contributed by atoms with van der Waals surface area (Å²) in [6.45, 7) is 3.61. The number of carbonyl (C=O) groups excluding carboxylic acids is 2. The zero-order valence-corrected chi connectivity index (χ0v) is 14.3. The van der Waals surface area contributed by atoms with Gasteiger partial charge in [0.05, 0.1) is 7.11 Å². The molecule has 22 heavy (non-hydrogen) atoms. The van der Waals surface area contributed by atoms with E-state index in [1.165, 1.54) is 7.11 Å². The first-order valence-corrected chi connectivity index (χ1v) is 7.73. The Morgan fingerprint density at radius 2 is 1.82 bits per heavy atom. The highest BCUT2D eigenvalue weighted by molar-refractivity contribution is 6.35. The Bertz CT molecular complexity index is 517. The predicted octanol–water partition coefficient (Wildman–Crippen LogP) is 3.25. The summed E-state index contributed by atoms with van der Waals surface area (Å²) < 4.78 is 4.69. The number of anilines is 1. The number of nitrogens with one attached hydrogen (secondary N) is 2. The molecule has 5 nitrogen and oxygen atoms in total. The van der Waals surface area contributed by atoms with Crippen molar-refractivity contribution in [3.8, 4) is 0 Å². The number of amides is 1. The fourth-order valence-electron chi connectivity index (χ4n) is 1.93. The Morgan fingerprint density at radius 3 is 2.32 bits per heavy atom. The maximum absolute atomic E-state index is 12.2. The van der Waals surface area contributed by atoms with Crippen LogP contribution in [-0.4, -0.2) is 31.1 Å². The quantitative estimate of drug-likeness (QED) is 0.743. The van der Waals surface area contributed by atoms with Crippen molar-refractivity contribution in [2.24, 2.45) is 0 Å². The second kappa shape index (κ2) is 8.86. The molecule has 1 aromatic rings. The molecule has 0 aliphatic heterocycles. The van der Waals surface area contributed by atoms with Crippen molar-refractivity contribution in [2.45, 2.75) is 38.8 Å². The van der Waals surface area contributed by atoms with E-state index in [1.807, 2.05) is 6.92 Å². The summed E-state index contributed by atoms with van der Waals surface area (Å²) in [5.41, 5.74) is 0.630. The molecule has 0 aliphatic rings. The summed E-state index contributed by atoms with van der Waals surface area (Å²) in [6, 6.07) is 3.74. The van der Waals surface area contributed by atoms with Gasteiger partial charge < -0.3 is 15.4 Å². The molecule has 0 saturated carbocycles. The van der Waals surface area contributed by atoms with Crippen LogP contribution in [-0.2, 0) is 14.3 Å². The van der Waals surface area contributed by atoms with Crippen molar-refractivity contribution in [3.63, 3.8) is 0 Å². The minimum atomic E-state index is -0.644. The van der Waals surface area contributed by atoms with Gasteiger partial charge in [-0.05, 0) is 31.5 Å². The zero-order valence-electron chi connectivity index (χ0n) is 12.8. The van der Waals surface area contributed by atoms with E-state index in [1.54, 1.807) is 25.1 Å². The van der Waals surface area contributed by atoms with E-state index in [0.29, 0.717) is 22.2 Å². The monoisotopic (exact) mass is 346 g/mol. The fraction of sp³-hybridized carbons (Fsp3) is 0.467. The lowest BCUT2D eigenvalue weighted by atomic mass is 10.1. The van der Waals surface area contributed by atoms with Crippen LogP contribution >= 0.6 is 23.2 Å². The van der Waals surface area contributed by atoms with Crippen LogP contribution < -0.4 is 10.6 Å². The van der Waals surface area contributed by atoms with Gasteiger partial charge in [0.1, 0.15) is 12.1 Å². The molecule has 0 fully saturated rings. The van der Waals surface area contributed by atoms with Crippen molar-refractivity contribution in [3.05, 3.63) is 28.2 Å². The Kier molecular flexibility index (Phi) is 7.48. The van der Waals surface area contributed by atoms with Crippen LogP contribution in [0.1, 0.15) is 26.7 Å². The summed E-state index contributed by atoms with van der Waals surface area (Å²) in [5, 5.41) is 6.62. The van der Waals surface area contributed by atoms with Crippen LogP contribution in [0.5, 0.6) is 0 Å². The number of methoxy groups -OCH3 is 1. The van der Waals surface area contributed by atoms with Gasteiger partial charge in [0.15, 0.2) is 0 Å². The van der Waals surface area contributed by atoms with Gasteiger partial charge in [-0.1, -0.05) is 36.5 Å². The minimum absolute atomic E-state index is 0.306. The lowest BCUT2D eigenvalue weighted by molar-refractivity contribution is -0.145. The summed E-state index contributed by atoms with van der Waals surface area (Å²) in [4.78, 5) is 23.8. The number of benzene rings is 1. The second-order valence-electron chi connectivity index (χ2n) is 4.90. The highest BCUT2D eigenvalue weighted by Crippen LogP contribution is 2.22. The van der Waals surface area contributed by atoms with Gasteiger partial charge in [0.25, 0.3) is 0 Å². The predicted molar refractivity (Wildman–Crippen MR) is 88.4 cm³/mol. The normalized spacial score (nSPS) is 13.1. The first kappa shape index (κ1) is 18.6. The third-order valence-corrected chi connectivity index (χ3v) is 3.45. The minimum Gasteiger partial charge on any atom is -0.467 e. The van der Waals surface area contributed by atoms with Crippen LogP contribution in [0.15, 0.2) is 18.2 Å². The highest BCUT2D eigenvalue weighted by Gasteiger charge is 2.23. The molecule has 0 aromatic heterocycles. The van der Waals surface area contributed by atoms with Crippen LogP contribution in [0.4, 0.5) is 5.69 Å². The van der Waals surface area contributed by atoms with Crippen molar-refractivity contribution in [1.82, 2.24) is 5.32 Å². The molecular formula is C15H20Cl2N2O3. The average Bonchev–Trinajstić information content (AvgIpc) is 2.44. The van der Waals surface area contributed by atoms with E-state index >= 15 is 0 Å². The van der Waals surface area contributed by atoms with E-state index in [-0.39, 0.29) is 5.91 Å². The van der Waals surface area contributed by atoms with Crippen LogP contribution in [0.3, 0.4) is 0 Å². The third-order valence-electron chi connectivity index (χ3n) is 3.02. The van der Waals surface area contributed by atoms with E-state index in [0.717, 1.165) is 6.42 Å². The summed E-state index contributed by atoms with van der Waals surface area (Å²) in [5.74, 6) is -0.756. The summed E-state index contributed by atoms with van der Waals surface area (Å²) in [6.07, 6.45) is 1.28. The number of esters is 1. The van der Waals surface area contributed by atoms with Crippen molar-refractivity contribution in [2.75, 3.05) is 12.4 Å². The molecule has 0 saturated heterocycles. The van der Waals surface area contributed by atoms with E-state index in [4.69, 9.17) is 23.2 Å². The van der Waals surface area contributed by atoms with Gasteiger partial charge in [0.2, 0.25) is 5.91 Å². The van der Waals surface area contributed by atoms with Gasteiger partial charge in [-0.3, -0.25) is 4.79 Å². The molecule has 1 amide bonds. The van der Waals surface area contributed by atoms with Gasteiger partial charge in [0, 0.05) is 15.7 Å². The Labute approximate surface area is 140 Å². The molecule has 0 heterocycles. The van der Waals surface area contributed by atoms with Gasteiger partial charge in [-0.15, -0.1) is 0 Å². The molecule has 1 unspecified atom stereocenters. The first-order valence-electron chi connectivity index (χ1n) is 6.98.